The lowest BCUT2D eigenvalue weighted by Gasteiger charge is -2.13. The highest BCUT2D eigenvalue weighted by Crippen LogP contribution is 2.21. The maximum atomic E-state index is 11.2. The Morgan fingerprint density at radius 3 is 2.31 bits per heavy atom. The van der Waals surface area contributed by atoms with Crippen molar-refractivity contribution < 1.29 is 14.6 Å². The van der Waals surface area contributed by atoms with Gasteiger partial charge < -0.3 is 9.84 Å². The van der Waals surface area contributed by atoms with Crippen molar-refractivity contribution >= 4 is 5.97 Å². The molecule has 0 aliphatic rings. The highest BCUT2D eigenvalue weighted by atomic mass is 16.5. The fraction of sp³-hybridized carbons (Fsp3) is 0.462. The molecule has 0 saturated carbocycles. The molecule has 1 rings (SSSR count). The molecule has 0 aliphatic carbocycles. The second-order valence-electron chi connectivity index (χ2n) is 4.26. The van der Waals surface area contributed by atoms with E-state index in [-0.39, 0.29) is 5.97 Å². The number of ether oxygens (including phenoxy) is 1. The number of esters is 1. The molecule has 3 heteroatoms. The highest BCUT2D eigenvalue weighted by molar-refractivity contribution is 5.89. The summed E-state index contributed by atoms with van der Waals surface area (Å²) < 4.78 is 4.60. The van der Waals surface area contributed by atoms with Crippen LogP contribution in [0.2, 0.25) is 0 Å². The standard InChI is InChI=1S/C13H18O3/c1-9(2)8-12(14)10-4-6-11(7-5-10)13(15)16-3/h4-7,9,12,14H,8H2,1-3H3/t12-/m1/s1. The number of methoxy groups -OCH3 is 1. The van der Waals surface area contributed by atoms with Gasteiger partial charge in [0.15, 0.2) is 0 Å². The Kier molecular flexibility index (Phi) is 4.50. The van der Waals surface area contributed by atoms with E-state index >= 15 is 0 Å². The van der Waals surface area contributed by atoms with Crippen molar-refractivity contribution in [3.63, 3.8) is 0 Å². The van der Waals surface area contributed by atoms with Crippen molar-refractivity contribution in [3.05, 3.63) is 35.4 Å². The van der Waals surface area contributed by atoms with Gasteiger partial charge in [0.2, 0.25) is 0 Å². The molecule has 1 N–H and O–H groups in total. The molecule has 0 aromatic heterocycles. The number of carbonyl (C=O) groups excluding carboxylic acids is 1. The van der Waals surface area contributed by atoms with E-state index in [9.17, 15) is 9.90 Å². The Morgan fingerprint density at radius 2 is 1.88 bits per heavy atom. The second-order valence-corrected chi connectivity index (χ2v) is 4.26. The topological polar surface area (TPSA) is 46.5 Å². The molecule has 0 fully saturated rings. The van der Waals surface area contributed by atoms with Crippen LogP contribution in [0.3, 0.4) is 0 Å². The maximum absolute atomic E-state index is 11.2. The minimum absolute atomic E-state index is 0.357. The van der Waals surface area contributed by atoms with Crippen LogP contribution >= 0.6 is 0 Å². The molecule has 0 aliphatic heterocycles. The number of aliphatic hydroxyl groups excluding tert-OH is 1. The normalized spacial score (nSPS) is 12.6. The van der Waals surface area contributed by atoms with E-state index in [1.165, 1.54) is 7.11 Å². The fourth-order valence-electron chi connectivity index (χ4n) is 1.54. The molecule has 16 heavy (non-hydrogen) atoms. The van der Waals surface area contributed by atoms with Crippen molar-refractivity contribution in [3.8, 4) is 0 Å². The zero-order chi connectivity index (χ0) is 12.1. The maximum Gasteiger partial charge on any atom is 0.337 e. The van der Waals surface area contributed by atoms with Gasteiger partial charge in [-0.2, -0.15) is 0 Å². The molecule has 1 aromatic rings. The van der Waals surface area contributed by atoms with Crippen LogP contribution in [-0.2, 0) is 4.74 Å². The van der Waals surface area contributed by atoms with Crippen molar-refractivity contribution in [2.24, 2.45) is 5.92 Å². The van der Waals surface area contributed by atoms with Crippen molar-refractivity contribution in [1.29, 1.82) is 0 Å². The summed E-state index contributed by atoms with van der Waals surface area (Å²) in [5, 5.41) is 9.86. The molecule has 1 aromatic carbocycles. The first-order valence-corrected chi connectivity index (χ1v) is 5.41. The van der Waals surface area contributed by atoms with Gasteiger partial charge in [0.1, 0.15) is 0 Å². The van der Waals surface area contributed by atoms with Gasteiger partial charge in [0.25, 0.3) is 0 Å². The summed E-state index contributed by atoms with van der Waals surface area (Å²) in [4.78, 5) is 11.2. The molecule has 0 saturated heterocycles. The minimum Gasteiger partial charge on any atom is -0.465 e. The lowest BCUT2D eigenvalue weighted by molar-refractivity contribution is 0.0600. The zero-order valence-corrected chi connectivity index (χ0v) is 9.93. The van der Waals surface area contributed by atoms with Crippen LogP contribution in [-0.4, -0.2) is 18.2 Å². The van der Waals surface area contributed by atoms with Crippen LogP contribution < -0.4 is 0 Å². The monoisotopic (exact) mass is 222 g/mol. The van der Waals surface area contributed by atoms with Crippen LogP contribution in [0.25, 0.3) is 0 Å². The first kappa shape index (κ1) is 12.7. The van der Waals surface area contributed by atoms with Gasteiger partial charge in [0, 0.05) is 0 Å². The van der Waals surface area contributed by atoms with E-state index in [1.807, 2.05) is 0 Å². The third-order valence-corrected chi connectivity index (χ3v) is 2.41. The summed E-state index contributed by atoms with van der Waals surface area (Å²) in [7, 11) is 1.35. The van der Waals surface area contributed by atoms with E-state index in [4.69, 9.17) is 0 Å². The first-order chi connectivity index (χ1) is 7.54. The second kappa shape index (κ2) is 5.66. The summed E-state index contributed by atoms with van der Waals surface area (Å²) in [6, 6.07) is 6.87. The smallest absolute Gasteiger partial charge is 0.337 e. The lowest BCUT2D eigenvalue weighted by atomic mass is 9.99. The van der Waals surface area contributed by atoms with Crippen LogP contribution in [0.1, 0.15) is 42.3 Å². The average Bonchev–Trinajstić information content (AvgIpc) is 2.27. The van der Waals surface area contributed by atoms with Crippen LogP contribution in [0.5, 0.6) is 0 Å². The number of hydrogen-bond acceptors (Lipinski definition) is 3. The number of aliphatic hydroxyl groups is 1. The van der Waals surface area contributed by atoms with Crippen molar-refractivity contribution in [2.75, 3.05) is 7.11 Å². The van der Waals surface area contributed by atoms with Crippen molar-refractivity contribution in [2.45, 2.75) is 26.4 Å². The molecular weight excluding hydrogens is 204 g/mol. The van der Waals surface area contributed by atoms with Gasteiger partial charge in [-0.05, 0) is 30.0 Å². The summed E-state index contributed by atoms with van der Waals surface area (Å²) in [5.74, 6) is 0.0835. The summed E-state index contributed by atoms with van der Waals surface area (Å²) in [5.41, 5.74) is 1.34. The molecule has 0 spiro atoms. The number of rotatable bonds is 4. The zero-order valence-electron chi connectivity index (χ0n) is 9.93. The SMILES string of the molecule is COC(=O)c1ccc([C@H](O)CC(C)C)cc1. The molecule has 0 bridgehead atoms. The predicted octanol–water partition coefficient (Wildman–Crippen LogP) is 2.55. The summed E-state index contributed by atoms with van der Waals surface area (Å²) in [6.45, 7) is 4.12. The van der Waals surface area contributed by atoms with Gasteiger partial charge in [-0.1, -0.05) is 26.0 Å². The lowest BCUT2D eigenvalue weighted by Crippen LogP contribution is -2.04. The third kappa shape index (κ3) is 3.35. The molecular formula is C13H18O3. The molecule has 0 unspecified atom stereocenters. The summed E-state index contributed by atoms with van der Waals surface area (Å²) >= 11 is 0. The molecule has 0 radical (unpaired) electrons. The van der Waals surface area contributed by atoms with Crippen molar-refractivity contribution in [1.82, 2.24) is 0 Å². The number of carbonyl (C=O) groups is 1. The van der Waals surface area contributed by atoms with Gasteiger partial charge in [-0.3, -0.25) is 0 Å². The Balaban J connectivity index is 2.74. The van der Waals surface area contributed by atoms with E-state index in [0.717, 1.165) is 12.0 Å². The Hall–Kier alpha value is -1.35. The van der Waals surface area contributed by atoms with E-state index in [2.05, 4.69) is 18.6 Å². The van der Waals surface area contributed by atoms with Crippen LogP contribution in [0.4, 0.5) is 0 Å². The van der Waals surface area contributed by atoms with E-state index < -0.39 is 6.10 Å². The van der Waals surface area contributed by atoms with Gasteiger partial charge in [-0.25, -0.2) is 4.79 Å². The molecule has 88 valence electrons. The highest BCUT2D eigenvalue weighted by Gasteiger charge is 2.11. The molecule has 0 heterocycles. The van der Waals surface area contributed by atoms with Gasteiger partial charge in [0.05, 0.1) is 18.8 Å². The summed E-state index contributed by atoms with van der Waals surface area (Å²) in [6.07, 6.45) is 0.254. The largest absolute Gasteiger partial charge is 0.465 e. The van der Waals surface area contributed by atoms with E-state index in [0.29, 0.717) is 11.5 Å². The quantitative estimate of drug-likeness (QED) is 0.796. The average molecular weight is 222 g/mol. The third-order valence-electron chi connectivity index (χ3n) is 2.41. The van der Waals surface area contributed by atoms with Crippen LogP contribution in [0.15, 0.2) is 24.3 Å². The number of benzene rings is 1. The molecule has 1 atom stereocenters. The molecule has 3 nitrogen and oxygen atoms in total. The van der Waals surface area contributed by atoms with E-state index in [1.54, 1.807) is 24.3 Å². The Morgan fingerprint density at radius 1 is 1.31 bits per heavy atom. The molecule has 0 amide bonds. The Bertz CT molecular complexity index is 341. The van der Waals surface area contributed by atoms with Gasteiger partial charge >= 0.3 is 5.97 Å². The predicted molar refractivity (Wildman–Crippen MR) is 62.2 cm³/mol. The first-order valence-electron chi connectivity index (χ1n) is 5.41. The minimum atomic E-state index is -0.466. The number of hydrogen-bond donors (Lipinski definition) is 1. The Labute approximate surface area is 96.1 Å². The van der Waals surface area contributed by atoms with Gasteiger partial charge in [-0.15, -0.1) is 0 Å². The fourth-order valence-corrected chi connectivity index (χ4v) is 1.54. The van der Waals surface area contributed by atoms with Crippen LogP contribution in [0, 0.1) is 5.92 Å².